The van der Waals surface area contributed by atoms with Crippen LogP contribution in [0.3, 0.4) is 0 Å². The number of piperidine rings is 1. The number of para-hydroxylation sites is 2. The van der Waals surface area contributed by atoms with Crippen LogP contribution in [-0.4, -0.2) is 45.3 Å². The predicted molar refractivity (Wildman–Crippen MR) is 120 cm³/mol. The zero-order valence-electron chi connectivity index (χ0n) is 18.3. The maximum Gasteiger partial charge on any atom is 0.410 e. The predicted octanol–water partition coefficient (Wildman–Crippen LogP) is 5.04. The molecule has 1 N–H and O–H groups in total. The maximum absolute atomic E-state index is 13.3. The number of carbonyl (C=O) groups is 1. The molecular weight excluding hydrogens is 395 g/mol. The molecule has 2 heterocycles. The maximum atomic E-state index is 13.3. The first kappa shape index (κ1) is 21.2. The summed E-state index contributed by atoms with van der Waals surface area (Å²) in [6.07, 6.45) is 1.38. The van der Waals surface area contributed by atoms with E-state index in [1.807, 2.05) is 45.0 Å². The molecule has 1 saturated heterocycles. The number of nitrogens with zero attached hydrogens (tertiary/aromatic N) is 3. The van der Waals surface area contributed by atoms with Crippen LogP contribution >= 0.6 is 0 Å². The van der Waals surface area contributed by atoms with E-state index in [-0.39, 0.29) is 18.0 Å². The van der Waals surface area contributed by atoms with E-state index >= 15 is 0 Å². The molecule has 7 heteroatoms. The van der Waals surface area contributed by atoms with E-state index in [4.69, 9.17) is 9.72 Å². The highest BCUT2D eigenvalue weighted by Crippen LogP contribution is 2.24. The van der Waals surface area contributed by atoms with Gasteiger partial charge in [0.2, 0.25) is 5.95 Å². The van der Waals surface area contributed by atoms with Gasteiger partial charge in [-0.2, -0.15) is 0 Å². The molecule has 1 fully saturated rings. The lowest BCUT2D eigenvalue weighted by Gasteiger charge is -2.34. The molecule has 1 aliphatic rings. The second kappa shape index (κ2) is 8.57. The Morgan fingerprint density at radius 1 is 1.13 bits per heavy atom. The van der Waals surface area contributed by atoms with Crippen LogP contribution in [0.1, 0.15) is 39.2 Å². The molecule has 31 heavy (non-hydrogen) atoms. The molecule has 1 aromatic heterocycles. The lowest BCUT2D eigenvalue weighted by Crippen LogP contribution is -2.44. The number of nitrogens with one attached hydrogen (secondary N) is 1. The highest BCUT2D eigenvalue weighted by molar-refractivity contribution is 5.78. The van der Waals surface area contributed by atoms with Gasteiger partial charge in [0.15, 0.2) is 0 Å². The number of halogens is 1. The lowest BCUT2D eigenvalue weighted by atomic mass is 10.1. The standard InChI is InChI=1S/C24H29FN4O2/c1-24(2,3)31-23(30)28-14-12-19(13-15-28)26-22-27-20-6-4-5-7-21(20)29(22)16-17-8-10-18(25)11-9-17/h4-11,19H,12-16H2,1-3H3,(H,26,27). The monoisotopic (exact) mass is 424 g/mol. The topological polar surface area (TPSA) is 59.4 Å². The van der Waals surface area contributed by atoms with Gasteiger partial charge in [-0.1, -0.05) is 24.3 Å². The van der Waals surface area contributed by atoms with Crippen molar-refractivity contribution >= 4 is 23.1 Å². The summed E-state index contributed by atoms with van der Waals surface area (Å²) >= 11 is 0. The van der Waals surface area contributed by atoms with E-state index in [1.165, 1.54) is 12.1 Å². The van der Waals surface area contributed by atoms with Gasteiger partial charge in [-0.05, 0) is 63.4 Å². The number of fused-ring (bicyclic) bond motifs is 1. The van der Waals surface area contributed by atoms with Crippen molar-refractivity contribution in [3.8, 4) is 0 Å². The van der Waals surface area contributed by atoms with Gasteiger partial charge in [0.25, 0.3) is 0 Å². The zero-order chi connectivity index (χ0) is 22.0. The van der Waals surface area contributed by atoms with Crippen molar-refractivity contribution in [2.75, 3.05) is 18.4 Å². The second-order valence-corrected chi connectivity index (χ2v) is 9.02. The molecule has 0 saturated carbocycles. The number of carbonyl (C=O) groups excluding carboxylic acids is 1. The molecule has 6 nitrogen and oxygen atoms in total. The molecule has 4 rings (SSSR count). The third-order valence-electron chi connectivity index (χ3n) is 5.39. The van der Waals surface area contributed by atoms with Crippen molar-refractivity contribution in [2.45, 2.75) is 51.8 Å². The van der Waals surface area contributed by atoms with Gasteiger partial charge < -0.3 is 19.5 Å². The highest BCUT2D eigenvalue weighted by Gasteiger charge is 2.27. The quantitative estimate of drug-likeness (QED) is 0.638. The van der Waals surface area contributed by atoms with E-state index < -0.39 is 5.60 Å². The highest BCUT2D eigenvalue weighted by atomic mass is 19.1. The number of hydrogen-bond acceptors (Lipinski definition) is 4. The van der Waals surface area contributed by atoms with Gasteiger partial charge >= 0.3 is 6.09 Å². The molecule has 0 unspecified atom stereocenters. The summed E-state index contributed by atoms with van der Waals surface area (Å²) in [6, 6.07) is 14.8. The summed E-state index contributed by atoms with van der Waals surface area (Å²) in [7, 11) is 0. The largest absolute Gasteiger partial charge is 0.444 e. The summed E-state index contributed by atoms with van der Waals surface area (Å²) in [5.41, 5.74) is 2.46. The summed E-state index contributed by atoms with van der Waals surface area (Å²) in [5.74, 6) is 0.551. The third-order valence-corrected chi connectivity index (χ3v) is 5.39. The Morgan fingerprint density at radius 3 is 2.48 bits per heavy atom. The fourth-order valence-corrected chi connectivity index (χ4v) is 3.83. The first-order chi connectivity index (χ1) is 14.8. The Morgan fingerprint density at radius 2 is 1.81 bits per heavy atom. The van der Waals surface area contributed by atoms with E-state index in [9.17, 15) is 9.18 Å². The van der Waals surface area contributed by atoms with Gasteiger partial charge in [0, 0.05) is 19.1 Å². The third kappa shape index (κ3) is 5.16. The molecule has 0 radical (unpaired) electrons. The fourth-order valence-electron chi connectivity index (χ4n) is 3.83. The second-order valence-electron chi connectivity index (χ2n) is 9.02. The van der Waals surface area contributed by atoms with E-state index in [1.54, 1.807) is 17.0 Å². The average Bonchev–Trinajstić information content (AvgIpc) is 3.06. The van der Waals surface area contributed by atoms with E-state index in [2.05, 4.69) is 9.88 Å². The van der Waals surface area contributed by atoms with Crippen LogP contribution in [0.2, 0.25) is 0 Å². The van der Waals surface area contributed by atoms with Crippen molar-refractivity contribution in [3.05, 3.63) is 59.9 Å². The minimum atomic E-state index is -0.489. The van der Waals surface area contributed by atoms with Gasteiger partial charge in [-0.3, -0.25) is 0 Å². The summed E-state index contributed by atoms with van der Waals surface area (Å²) < 4.78 is 20.9. The number of imidazole rings is 1. The Kier molecular flexibility index (Phi) is 5.85. The minimum Gasteiger partial charge on any atom is -0.444 e. The molecule has 0 spiro atoms. The van der Waals surface area contributed by atoms with Gasteiger partial charge in [0.05, 0.1) is 17.6 Å². The van der Waals surface area contributed by atoms with Crippen molar-refractivity contribution in [1.82, 2.24) is 14.5 Å². The number of anilines is 1. The number of benzene rings is 2. The minimum absolute atomic E-state index is 0.211. The summed E-state index contributed by atoms with van der Waals surface area (Å²) in [5, 5.41) is 3.58. The Balaban J connectivity index is 1.47. The fraction of sp³-hybridized carbons (Fsp3) is 0.417. The molecule has 2 aromatic carbocycles. The number of hydrogen-bond donors (Lipinski definition) is 1. The van der Waals surface area contributed by atoms with Crippen LogP contribution < -0.4 is 5.32 Å². The Labute approximate surface area is 182 Å². The van der Waals surface area contributed by atoms with Crippen LogP contribution in [0.25, 0.3) is 11.0 Å². The lowest BCUT2D eigenvalue weighted by molar-refractivity contribution is 0.0210. The molecule has 3 aromatic rings. The molecular formula is C24H29FN4O2. The average molecular weight is 425 g/mol. The zero-order valence-corrected chi connectivity index (χ0v) is 18.3. The molecule has 1 amide bonds. The van der Waals surface area contributed by atoms with Crippen molar-refractivity contribution in [3.63, 3.8) is 0 Å². The molecule has 1 aliphatic heterocycles. The number of rotatable bonds is 4. The van der Waals surface area contributed by atoms with Crippen LogP contribution in [0, 0.1) is 5.82 Å². The number of likely N-dealkylation sites (tertiary alicyclic amines) is 1. The SMILES string of the molecule is CC(C)(C)OC(=O)N1CCC(Nc2nc3ccccc3n2Cc2ccc(F)cc2)CC1. The summed E-state index contributed by atoms with van der Waals surface area (Å²) in [4.78, 5) is 18.9. The van der Waals surface area contributed by atoms with Gasteiger partial charge in [0.1, 0.15) is 11.4 Å². The van der Waals surface area contributed by atoms with Crippen molar-refractivity contribution in [1.29, 1.82) is 0 Å². The Hall–Kier alpha value is -3.09. The first-order valence-electron chi connectivity index (χ1n) is 10.7. The van der Waals surface area contributed by atoms with E-state index in [0.717, 1.165) is 35.4 Å². The van der Waals surface area contributed by atoms with Crippen molar-refractivity contribution < 1.29 is 13.9 Å². The van der Waals surface area contributed by atoms with E-state index in [0.29, 0.717) is 19.6 Å². The molecule has 0 atom stereocenters. The molecule has 0 bridgehead atoms. The van der Waals surface area contributed by atoms with Gasteiger partial charge in [-0.25, -0.2) is 14.2 Å². The summed E-state index contributed by atoms with van der Waals surface area (Å²) in [6.45, 7) is 7.52. The van der Waals surface area contributed by atoms with Crippen molar-refractivity contribution in [2.24, 2.45) is 0 Å². The van der Waals surface area contributed by atoms with Crippen LogP contribution in [0.15, 0.2) is 48.5 Å². The molecule has 164 valence electrons. The smallest absolute Gasteiger partial charge is 0.410 e. The number of amides is 1. The first-order valence-corrected chi connectivity index (χ1v) is 10.7. The number of ether oxygens (including phenoxy) is 1. The van der Waals surface area contributed by atoms with Crippen LogP contribution in [0.4, 0.5) is 15.1 Å². The molecule has 0 aliphatic carbocycles. The van der Waals surface area contributed by atoms with Crippen LogP contribution in [-0.2, 0) is 11.3 Å². The van der Waals surface area contributed by atoms with Crippen LogP contribution in [0.5, 0.6) is 0 Å². The normalized spacial score (nSPS) is 15.3. The van der Waals surface area contributed by atoms with Gasteiger partial charge in [-0.15, -0.1) is 0 Å². The Bertz CT molecular complexity index is 1050. The number of aromatic nitrogens is 2.